The van der Waals surface area contributed by atoms with Gasteiger partial charge in [-0.1, -0.05) is 6.07 Å². The Labute approximate surface area is 106 Å². The van der Waals surface area contributed by atoms with E-state index in [1.165, 1.54) is 6.33 Å². The van der Waals surface area contributed by atoms with Gasteiger partial charge >= 0.3 is 0 Å². The Morgan fingerprint density at radius 3 is 2.28 bits per heavy atom. The highest BCUT2D eigenvalue weighted by Crippen LogP contribution is 2.35. The minimum absolute atomic E-state index is 0.418. The van der Waals surface area contributed by atoms with Gasteiger partial charge in [0.2, 0.25) is 0 Å². The van der Waals surface area contributed by atoms with E-state index in [0.29, 0.717) is 17.2 Å². The Kier molecular flexibility index (Phi) is 3.74. The van der Waals surface area contributed by atoms with Gasteiger partial charge in [-0.3, -0.25) is 0 Å². The molecule has 5 nitrogen and oxygen atoms in total. The summed E-state index contributed by atoms with van der Waals surface area (Å²) in [5.74, 6) is 1.36. The van der Waals surface area contributed by atoms with Crippen molar-refractivity contribution in [2.24, 2.45) is 5.73 Å². The summed E-state index contributed by atoms with van der Waals surface area (Å²) in [6.07, 6.45) is 3.13. The summed E-state index contributed by atoms with van der Waals surface area (Å²) in [5.41, 5.74) is 7.71. The van der Waals surface area contributed by atoms with Gasteiger partial charge in [-0.25, -0.2) is 9.97 Å². The lowest BCUT2D eigenvalue weighted by molar-refractivity contribution is 0.382. The molecule has 1 atom stereocenters. The number of ether oxygens (including phenoxy) is 2. The fourth-order valence-corrected chi connectivity index (χ4v) is 1.82. The minimum atomic E-state index is -0.418. The van der Waals surface area contributed by atoms with Crippen molar-refractivity contribution in [1.29, 1.82) is 0 Å². The molecule has 0 amide bonds. The zero-order valence-corrected chi connectivity index (χ0v) is 10.3. The summed E-state index contributed by atoms with van der Waals surface area (Å²) in [7, 11) is 3.20. The molecule has 0 spiro atoms. The second-order valence-electron chi connectivity index (χ2n) is 3.69. The third-order valence-electron chi connectivity index (χ3n) is 2.70. The van der Waals surface area contributed by atoms with Crippen molar-refractivity contribution in [2.45, 2.75) is 6.04 Å². The number of hydrogen-bond acceptors (Lipinski definition) is 5. The Hall–Kier alpha value is -2.14. The number of methoxy groups -OCH3 is 2. The Morgan fingerprint density at radius 1 is 1.11 bits per heavy atom. The van der Waals surface area contributed by atoms with E-state index in [-0.39, 0.29) is 0 Å². The molecule has 2 aromatic rings. The molecule has 5 heteroatoms. The normalized spacial score (nSPS) is 11.9. The highest BCUT2D eigenvalue weighted by Gasteiger charge is 2.19. The average Bonchev–Trinajstić information content (AvgIpc) is 2.46. The zero-order valence-electron chi connectivity index (χ0n) is 10.3. The molecule has 1 aromatic heterocycles. The second-order valence-corrected chi connectivity index (χ2v) is 3.69. The topological polar surface area (TPSA) is 70.3 Å². The molecular formula is C13H15N3O2. The molecule has 0 fully saturated rings. The lowest BCUT2D eigenvalue weighted by Gasteiger charge is -2.18. The van der Waals surface area contributed by atoms with E-state index in [9.17, 15) is 0 Å². The first kappa shape index (κ1) is 12.3. The molecule has 18 heavy (non-hydrogen) atoms. The molecule has 0 aliphatic carbocycles. The molecule has 0 bridgehead atoms. The monoisotopic (exact) mass is 245 g/mol. The average molecular weight is 245 g/mol. The van der Waals surface area contributed by atoms with Crippen LogP contribution in [0.3, 0.4) is 0 Å². The van der Waals surface area contributed by atoms with Crippen LogP contribution >= 0.6 is 0 Å². The number of aromatic nitrogens is 2. The van der Waals surface area contributed by atoms with Crippen molar-refractivity contribution in [3.05, 3.63) is 48.0 Å². The van der Waals surface area contributed by atoms with Gasteiger partial charge in [0.15, 0.2) is 0 Å². The molecule has 1 unspecified atom stereocenters. The number of benzene rings is 1. The van der Waals surface area contributed by atoms with E-state index in [1.54, 1.807) is 26.5 Å². The van der Waals surface area contributed by atoms with Crippen LogP contribution in [0, 0.1) is 0 Å². The first-order valence-electron chi connectivity index (χ1n) is 5.50. The van der Waals surface area contributed by atoms with E-state index in [2.05, 4.69) is 9.97 Å². The molecule has 94 valence electrons. The number of nitrogens with two attached hydrogens (primary N) is 1. The maximum atomic E-state index is 6.22. The van der Waals surface area contributed by atoms with Gasteiger partial charge in [0, 0.05) is 6.20 Å². The summed E-state index contributed by atoms with van der Waals surface area (Å²) in [6.45, 7) is 0. The highest BCUT2D eigenvalue weighted by atomic mass is 16.5. The van der Waals surface area contributed by atoms with Crippen molar-refractivity contribution in [3.8, 4) is 11.5 Å². The second kappa shape index (κ2) is 5.46. The lowest BCUT2D eigenvalue weighted by Crippen LogP contribution is -2.15. The van der Waals surface area contributed by atoms with Crippen LogP contribution in [0.25, 0.3) is 0 Å². The summed E-state index contributed by atoms with van der Waals surface area (Å²) in [4.78, 5) is 8.04. The summed E-state index contributed by atoms with van der Waals surface area (Å²) >= 11 is 0. The van der Waals surface area contributed by atoms with Crippen LogP contribution in [0.1, 0.15) is 17.3 Å². The Morgan fingerprint density at radius 2 is 1.78 bits per heavy atom. The quantitative estimate of drug-likeness (QED) is 0.884. The molecule has 0 saturated heterocycles. The predicted octanol–water partition coefficient (Wildman–Crippen LogP) is 1.54. The van der Waals surface area contributed by atoms with Gasteiger partial charge in [0.05, 0.1) is 31.5 Å². The smallest absolute Gasteiger partial charge is 0.127 e. The molecule has 0 saturated carbocycles. The molecule has 1 aromatic carbocycles. The van der Waals surface area contributed by atoms with Crippen molar-refractivity contribution >= 4 is 0 Å². The third-order valence-corrected chi connectivity index (χ3v) is 2.70. The van der Waals surface area contributed by atoms with Crippen LogP contribution in [0.5, 0.6) is 11.5 Å². The Bertz CT molecular complexity index is 495. The molecule has 0 radical (unpaired) electrons. The lowest BCUT2D eigenvalue weighted by atomic mass is 10.0. The van der Waals surface area contributed by atoms with E-state index in [4.69, 9.17) is 15.2 Å². The summed E-state index contributed by atoms with van der Waals surface area (Å²) in [6, 6.07) is 6.90. The fourth-order valence-electron chi connectivity index (χ4n) is 1.82. The van der Waals surface area contributed by atoms with E-state index < -0.39 is 6.04 Å². The van der Waals surface area contributed by atoms with Gasteiger partial charge < -0.3 is 15.2 Å². The minimum Gasteiger partial charge on any atom is -0.496 e. The van der Waals surface area contributed by atoms with Crippen LogP contribution in [0.4, 0.5) is 0 Å². The Balaban J connectivity index is 2.49. The maximum absolute atomic E-state index is 6.22. The van der Waals surface area contributed by atoms with Crippen LogP contribution in [-0.4, -0.2) is 24.2 Å². The van der Waals surface area contributed by atoms with Crippen molar-refractivity contribution in [2.75, 3.05) is 14.2 Å². The maximum Gasteiger partial charge on any atom is 0.127 e. The molecule has 2 rings (SSSR count). The summed E-state index contributed by atoms with van der Waals surface area (Å²) < 4.78 is 10.7. The summed E-state index contributed by atoms with van der Waals surface area (Å²) in [5, 5.41) is 0. The zero-order chi connectivity index (χ0) is 13.0. The van der Waals surface area contributed by atoms with Gasteiger partial charge in [0.25, 0.3) is 0 Å². The van der Waals surface area contributed by atoms with E-state index >= 15 is 0 Å². The van der Waals surface area contributed by atoms with Gasteiger partial charge in [-0.2, -0.15) is 0 Å². The van der Waals surface area contributed by atoms with Crippen LogP contribution in [0.15, 0.2) is 36.8 Å². The number of hydrogen-bond donors (Lipinski definition) is 1. The number of rotatable bonds is 4. The molecule has 2 N–H and O–H groups in total. The van der Waals surface area contributed by atoms with Gasteiger partial charge in [-0.05, 0) is 18.2 Å². The standard InChI is InChI=1S/C13H15N3O2/c1-17-10-4-3-5-11(18-2)12(10)13(14)9-6-7-15-8-16-9/h3-8,13H,14H2,1-2H3. The predicted molar refractivity (Wildman–Crippen MR) is 67.6 cm³/mol. The van der Waals surface area contributed by atoms with Crippen LogP contribution in [0.2, 0.25) is 0 Å². The fraction of sp³-hybridized carbons (Fsp3) is 0.231. The van der Waals surface area contributed by atoms with Crippen molar-refractivity contribution < 1.29 is 9.47 Å². The highest BCUT2D eigenvalue weighted by molar-refractivity contribution is 5.49. The molecule has 1 heterocycles. The number of nitrogens with zero attached hydrogens (tertiary/aromatic N) is 2. The SMILES string of the molecule is COc1cccc(OC)c1C(N)c1ccncn1. The van der Waals surface area contributed by atoms with Crippen molar-refractivity contribution in [1.82, 2.24) is 9.97 Å². The first-order chi connectivity index (χ1) is 8.77. The molecule has 0 aliphatic rings. The van der Waals surface area contributed by atoms with E-state index in [0.717, 1.165) is 5.56 Å². The van der Waals surface area contributed by atoms with Crippen molar-refractivity contribution in [3.63, 3.8) is 0 Å². The molecule has 0 aliphatic heterocycles. The van der Waals surface area contributed by atoms with Crippen LogP contribution in [-0.2, 0) is 0 Å². The largest absolute Gasteiger partial charge is 0.496 e. The van der Waals surface area contributed by atoms with E-state index in [1.807, 2.05) is 18.2 Å². The van der Waals surface area contributed by atoms with Gasteiger partial charge in [0.1, 0.15) is 17.8 Å². The first-order valence-corrected chi connectivity index (χ1v) is 5.50. The molecular weight excluding hydrogens is 230 g/mol. The third kappa shape index (κ3) is 2.26. The van der Waals surface area contributed by atoms with Crippen LogP contribution < -0.4 is 15.2 Å². The van der Waals surface area contributed by atoms with Gasteiger partial charge in [-0.15, -0.1) is 0 Å².